The molecule has 1 aromatic carbocycles. The lowest BCUT2D eigenvalue weighted by atomic mass is 10.0. The molecule has 100 valence electrons. The SMILES string of the molecule is O=C(O)CC(F)(F)c1cc(C(F)(F)F)ccc1Cl. The average Bonchev–Trinajstić information content (AvgIpc) is 2.13. The number of benzene rings is 1. The van der Waals surface area contributed by atoms with Gasteiger partial charge in [0.15, 0.2) is 0 Å². The lowest BCUT2D eigenvalue weighted by Crippen LogP contribution is -2.20. The van der Waals surface area contributed by atoms with Gasteiger partial charge in [0.25, 0.3) is 5.92 Å². The number of carbonyl (C=O) groups is 1. The van der Waals surface area contributed by atoms with E-state index in [1.807, 2.05) is 0 Å². The molecule has 1 rings (SSSR count). The molecule has 0 aliphatic carbocycles. The van der Waals surface area contributed by atoms with E-state index in [2.05, 4.69) is 0 Å². The van der Waals surface area contributed by atoms with Crippen molar-refractivity contribution in [3.63, 3.8) is 0 Å². The molecular formula is C10H6ClF5O2. The van der Waals surface area contributed by atoms with E-state index in [1.54, 1.807) is 0 Å². The van der Waals surface area contributed by atoms with Gasteiger partial charge in [-0.25, -0.2) is 8.78 Å². The molecule has 0 aliphatic heterocycles. The molecule has 0 saturated carbocycles. The molecule has 0 radical (unpaired) electrons. The highest BCUT2D eigenvalue weighted by atomic mass is 35.5. The Morgan fingerprint density at radius 3 is 2.22 bits per heavy atom. The van der Waals surface area contributed by atoms with Gasteiger partial charge in [-0.1, -0.05) is 11.6 Å². The van der Waals surface area contributed by atoms with E-state index in [-0.39, 0.29) is 6.07 Å². The van der Waals surface area contributed by atoms with Crippen LogP contribution in [-0.4, -0.2) is 11.1 Å². The number of carboxylic acids is 1. The van der Waals surface area contributed by atoms with Crippen molar-refractivity contribution in [2.24, 2.45) is 0 Å². The third-order valence-electron chi connectivity index (χ3n) is 2.06. The average molecular weight is 289 g/mol. The van der Waals surface area contributed by atoms with E-state index in [4.69, 9.17) is 16.7 Å². The van der Waals surface area contributed by atoms with Gasteiger partial charge in [-0.15, -0.1) is 0 Å². The molecule has 0 spiro atoms. The predicted octanol–water partition coefficient (Wildman–Crippen LogP) is 3.93. The first-order valence-corrected chi connectivity index (χ1v) is 4.88. The van der Waals surface area contributed by atoms with Gasteiger partial charge >= 0.3 is 12.1 Å². The molecular weight excluding hydrogens is 283 g/mol. The predicted molar refractivity (Wildman–Crippen MR) is 52.6 cm³/mol. The summed E-state index contributed by atoms with van der Waals surface area (Å²) in [4.78, 5) is 10.2. The Kier molecular flexibility index (Phi) is 3.85. The highest BCUT2D eigenvalue weighted by molar-refractivity contribution is 6.31. The molecule has 0 bridgehead atoms. The van der Waals surface area contributed by atoms with Crippen LogP contribution in [0, 0.1) is 0 Å². The van der Waals surface area contributed by atoms with Gasteiger partial charge in [-0.05, 0) is 18.2 Å². The lowest BCUT2D eigenvalue weighted by molar-refractivity contribution is -0.145. The van der Waals surface area contributed by atoms with E-state index in [0.717, 1.165) is 0 Å². The molecule has 8 heteroatoms. The summed E-state index contributed by atoms with van der Waals surface area (Å²) in [6.07, 6.45) is -6.44. The topological polar surface area (TPSA) is 37.3 Å². The number of halogens is 6. The van der Waals surface area contributed by atoms with Gasteiger partial charge in [-0.3, -0.25) is 4.79 Å². The fourth-order valence-electron chi connectivity index (χ4n) is 1.27. The van der Waals surface area contributed by atoms with Crippen LogP contribution in [0.5, 0.6) is 0 Å². The van der Waals surface area contributed by atoms with E-state index < -0.39 is 40.6 Å². The molecule has 1 aromatic rings. The maximum atomic E-state index is 13.4. The second-order valence-corrected chi connectivity index (χ2v) is 3.87. The zero-order chi connectivity index (χ0) is 14.1. The minimum Gasteiger partial charge on any atom is -0.481 e. The van der Waals surface area contributed by atoms with Crippen molar-refractivity contribution in [2.75, 3.05) is 0 Å². The minimum absolute atomic E-state index is 0.158. The van der Waals surface area contributed by atoms with Crippen molar-refractivity contribution in [1.29, 1.82) is 0 Å². The molecule has 18 heavy (non-hydrogen) atoms. The lowest BCUT2D eigenvalue weighted by Gasteiger charge is -2.17. The van der Waals surface area contributed by atoms with Crippen molar-refractivity contribution in [1.82, 2.24) is 0 Å². The Bertz CT molecular complexity index is 470. The van der Waals surface area contributed by atoms with E-state index in [9.17, 15) is 26.7 Å². The van der Waals surface area contributed by atoms with Crippen LogP contribution >= 0.6 is 11.6 Å². The normalized spacial score (nSPS) is 12.6. The van der Waals surface area contributed by atoms with Gasteiger partial charge in [0.2, 0.25) is 0 Å². The smallest absolute Gasteiger partial charge is 0.416 e. The molecule has 0 unspecified atom stereocenters. The van der Waals surface area contributed by atoms with Crippen molar-refractivity contribution in [3.05, 3.63) is 34.3 Å². The van der Waals surface area contributed by atoms with Gasteiger partial charge in [0.05, 0.1) is 5.56 Å². The van der Waals surface area contributed by atoms with Crippen LogP contribution in [0.3, 0.4) is 0 Å². The van der Waals surface area contributed by atoms with Gasteiger partial charge < -0.3 is 5.11 Å². The molecule has 0 fully saturated rings. The van der Waals surface area contributed by atoms with Crippen molar-refractivity contribution >= 4 is 17.6 Å². The first kappa shape index (κ1) is 14.7. The zero-order valence-electron chi connectivity index (χ0n) is 8.56. The van der Waals surface area contributed by atoms with Crippen molar-refractivity contribution < 1.29 is 31.9 Å². The molecule has 0 atom stereocenters. The molecule has 2 nitrogen and oxygen atoms in total. The maximum Gasteiger partial charge on any atom is 0.416 e. The summed E-state index contributed by atoms with van der Waals surface area (Å²) in [7, 11) is 0. The Morgan fingerprint density at radius 1 is 1.22 bits per heavy atom. The minimum atomic E-state index is -4.81. The summed E-state index contributed by atoms with van der Waals surface area (Å²) >= 11 is 5.37. The van der Waals surface area contributed by atoms with Crippen LogP contribution in [-0.2, 0) is 16.9 Å². The highest BCUT2D eigenvalue weighted by Gasteiger charge is 2.39. The second-order valence-electron chi connectivity index (χ2n) is 3.47. The first-order valence-electron chi connectivity index (χ1n) is 4.51. The molecule has 0 aromatic heterocycles. The molecule has 0 saturated heterocycles. The van der Waals surface area contributed by atoms with Crippen LogP contribution in [0.2, 0.25) is 5.02 Å². The molecule has 1 N–H and O–H groups in total. The van der Waals surface area contributed by atoms with Crippen LogP contribution < -0.4 is 0 Å². The Labute approximate surface area is 103 Å². The van der Waals surface area contributed by atoms with Crippen LogP contribution in [0.1, 0.15) is 17.5 Å². The number of aliphatic carboxylic acids is 1. The number of hydrogen-bond acceptors (Lipinski definition) is 1. The number of rotatable bonds is 3. The number of hydrogen-bond donors (Lipinski definition) is 1. The quantitative estimate of drug-likeness (QED) is 0.856. The fourth-order valence-corrected chi connectivity index (χ4v) is 1.52. The molecule has 0 amide bonds. The third-order valence-corrected chi connectivity index (χ3v) is 2.39. The zero-order valence-corrected chi connectivity index (χ0v) is 9.32. The van der Waals surface area contributed by atoms with Crippen LogP contribution in [0.4, 0.5) is 22.0 Å². The third kappa shape index (κ3) is 3.32. The monoisotopic (exact) mass is 288 g/mol. The van der Waals surface area contributed by atoms with Crippen molar-refractivity contribution in [2.45, 2.75) is 18.5 Å². The van der Waals surface area contributed by atoms with E-state index in [0.29, 0.717) is 12.1 Å². The Balaban J connectivity index is 3.27. The fraction of sp³-hybridized carbons (Fsp3) is 0.300. The molecule has 0 aliphatic rings. The van der Waals surface area contributed by atoms with E-state index in [1.165, 1.54) is 0 Å². The van der Waals surface area contributed by atoms with Crippen LogP contribution in [0.25, 0.3) is 0 Å². The van der Waals surface area contributed by atoms with Gasteiger partial charge in [-0.2, -0.15) is 13.2 Å². The number of alkyl halides is 5. The Morgan fingerprint density at radius 2 is 1.78 bits per heavy atom. The molecule has 0 heterocycles. The summed E-state index contributed by atoms with van der Waals surface area (Å²) in [6, 6.07) is 1.36. The summed E-state index contributed by atoms with van der Waals surface area (Å²) in [5.41, 5.74) is -2.46. The summed E-state index contributed by atoms with van der Waals surface area (Å²) in [6.45, 7) is 0. The largest absolute Gasteiger partial charge is 0.481 e. The maximum absolute atomic E-state index is 13.4. The summed E-state index contributed by atoms with van der Waals surface area (Å²) in [5.74, 6) is -5.81. The van der Waals surface area contributed by atoms with E-state index >= 15 is 0 Å². The summed E-state index contributed by atoms with van der Waals surface area (Å²) < 4.78 is 63.8. The number of carboxylic acid groups (broad SMARTS) is 1. The summed E-state index contributed by atoms with van der Waals surface area (Å²) in [5, 5.41) is 7.67. The Hall–Kier alpha value is -1.37. The van der Waals surface area contributed by atoms with Gasteiger partial charge in [0, 0.05) is 10.6 Å². The highest BCUT2D eigenvalue weighted by Crippen LogP contribution is 2.40. The van der Waals surface area contributed by atoms with Gasteiger partial charge in [0.1, 0.15) is 6.42 Å². The standard InChI is InChI=1S/C10H6ClF5O2/c11-7-2-1-5(10(14,15)16)3-6(7)9(12,13)4-8(17)18/h1-3H,4H2,(H,17,18). The first-order chi connectivity index (χ1) is 8.04. The van der Waals surface area contributed by atoms with Crippen molar-refractivity contribution in [3.8, 4) is 0 Å². The second kappa shape index (κ2) is 4.72. The van der Waals surface area contributed by atoms with Crippen LogP contribution in [0.15, 0.2) is 18.2 Å².